The van der Waals surface area contributed by atoms with Crippen LogP contribution in [0.2, 0.25) is 5.02 Å². The zero-order valence-electron chi connectivity index (χ0n) is 9.61. The smallest absolute Gasteiger partial charge is 0.345 e. The third-order valence-corrected chi connectivity index (χ3v) is 3.65. The van der Waals surface area contributed by atoms with Crippen LogP contribution in [0.5, 0.6) is 5.75 Å². The summed E-state index contributed by atoms with van der Waals surface area (Å²) in [6.07, 6.45) is 0. The molecular formula is C14H10BrClO2. The van der Waals surface area contributed by atoms with Crippen LogP contribution < -0.4 is 4.74 Å². The topological polar surface area (TPSA) is 26.3 Å². The Morgan fingerprint density at radius 3 is 2.61 bits per heavy atom. The lowest BCUT2D eigenvalue weighted by molar-refractivity contribution is 0.0735. The molecule has 18 heavy (non-hydrogen) atoms. The van der Waals surface area contributed by atoms with Crippen LogP contribution >= 0.6 is 27.5 Å². The van der Waals surface area contributed by atoms with Crippen molar-refractivity contribution >= 4 is 33.5 Å². The van der Waals surface area contributed by atoms with E-state index < -0.39 is 5.97 Å². The Morgan fingerprint density at radius 2 is 1.94 bits per heavy atom. The van der Waals surface area contributed by atoms with Crippen molar-refractivity contribution in [3.8, 4) is 5.75 Å². The molecule has 2 aromatic carbocycles. The van der Waals surface area contributed by atoms with E-state index in [0.29, 0.717) is 16.3 Å². The third kappa shape index (κ3) is 2.92. The summed E-state index contributed by atoms with van der Waals surface area (Å²) >= 11 is 9.32. The van der Waals surface area contributed by atoms with Crippen LogP contribution in [0.1, 0.15) is 15.9 Å². The Balaban J connectivity index is 2.22. The van der Waals surface area contributed by atoms with Gasteiger partial charge in [0.05, 0.1) is 10.6 Å². The summed E-state index contributed by atoms with van der Waals surface area (Å²) in [6, 6.07) is 12.2. The fourth-order valence-electron chi connectivity index (χ4n) is 1.47. The van der Waals surface area contributed by atoms with Gasteiger partial charge in [0, 0.05) is 4.47 Å². The summed E-state index contributed by atoms with van der Waals surface area (Å²) in [5.41, 5.74) is 1.36. The summed E-state index contributed by atoms with van der Waals surface area (Å²) in [6.45, 7) is 1.93. The van der Waals surface area contributed by atoms with Gasteiger partial charge in [0.15, 0.2) is 0 Å². The maximum Gasteiger partial charge on any atom is 0.345 e. The Hall–Kier alpha value is -1.32. The molecule has 0 radical (unpaired) electrons. The van der Waals surface area contributed by atoms with Crippen molar-refractivity contribution in [1.82, 2.24) is 0 Å². The number of benzene rings is 2. The fourth-order valence-corrected chi connectivity index (χ4v) is 1.93. The lowest BCUT2D eigenvalue weighted by Crippen LogP contribution is -2.09. The number of halogens is 2. The molecule has 0 heterocycles. The van der Waals surface area contributed by atoms with Crippen molar-refractivity contribution < 1.29 is 9.53 Å². The molecule has 0 atom stereocenters. The van der Waals surface area contributed by atoms with E-state index in [4.69, 9.17) is 16.3 Å². The minimum Gasteiger partial charge on any atom is -0.423 e. The van der Waals surface area contributed by atoms with E-state index in [-0.39, 0.29) is 0 Å². The molecule has 0 saturated carbocycles. The molecule has 0 aliphatic rings. The van der Waals surface area contributed by atoms with Gasteiger partial charge in [0.25, 0.3) is 0 Å². The van der Waals surface area contributed by atoms with Gasteiger partial charge in [-0.2, -0.15) is 0 Å². The van der Waals surface area contributed by atoms with E-state index in [1.54, 1.807) is 36.4 Å². The number of carbonyl (C=O) groups is 1. The Labute approximate surface area is 119 Å². The van der Waals surface area contributed by atoms with Crippen LogP contribution in [-0.4, -0.2) is 5.97 Å². The number of esters is 1. The molecule has 2 rings (SSSR count). The maximum absolute atomic E-state index is 11.9. The lowest BCUT2D eigenvalue weighted by atomic mass is 10.2. The second-order valence-corrected chi connectivity index (χ2v) is 5.04. The minimum atomic E-state index is -0.456. The molecule has 4 heteroatoms. The second kappa shape index (κ2) is 5.55. The van der Waals surface area contributed by atoms with Gasteiger partial charge in [-0.15, -0.1) is 0 Å². The van der Waals surface area contributed by atoms with Gasteiger partial charge in [-0.05, 0) is 42.8 Å². The van der Waals surface area contributed by atoms with Crippen LogP contribution in [-0.2, 0) is 0 Å². The first-order chi connectivity index (χ1) is 8.58. The molecule has 0 N–H and O–H groups in total. The molecule has 0 unspecified atom stereocenters. The highest BCUT2D eigenvalue weighted by atomic mass is 79.9. The molecule has 0 fully saturated rings. The highest BCUT2D eigenvalue weighted by molar-refractivity contribution is 9.10. The van der Waals surface area contributed by atoms with E-state index in [0.717, 1.165) is 10.0 Å². The van der Waals surface area contributed by atoms with Crippen molar-refractivity contribution in [2.45, 2.75) is 6.92 Å². The fraction of sp³-hybridized carbons (Fsp3) is 0.0714. The molecule has 0 aliphatic heterocycles. The van der Waals surface area contributed by atoms with Crippen molar-refractivity contribution in [1.29, 1.82) is 0 Å². The summed E-state index contributed by atoms with van der Waals surface area (Å²) in [7, 11) is 0. The first kappa shape index (κ1) is 13.1. The zero-order chi connectivity index (χ0) is 13.1. The van der Waals surface area contributed by atoms with Gasteiger partial charge in [0.1, 0.15) is 5.75 Å². The van der Waals surface area contributed by atoms with Crippen LogP contribution in [0.4, 0.5) is 0 Å². The van der Waals surface area contributed by atoms with E-state index in [2.05, 4.69) is 15.9 Å². The summed E-state index contributed by atoms with van der Waals surface area (Å²) in [5.74, 6) is 0.0444. The monoisotopic (exact) mass is 324 g/mol. The molecule has 92 valence electrons. The van der Waals surface area contributed by atoms with Crippen molar-refractivity contribution in [2.24, 2.45) is 0 Å². The first-order valence-corrected chi connectivity index (χ1v) is 6.48. The third-order valence-electron chi connectivity index (χ3n) is 2.43. The molecule has 2 nitrogen and oxygen atoms in total. The Bertz CT molecular complexity index is 596. The number of carbonyl (C=O) groups excluding carboxylic acids is 1. The Kier molecular flexibility index (Phi) is 4.04. The van der Waals surface area contributed by atoms with Gasteiger partial charge in [-0.3, -0.25) is 0 Å². The second-order valence-electron chi connectivity index (χ2n) is 3.78. The predicted molar refractivity (Wildman–Crippen MR) is 75.3 cm³/mol. The first-order valence-electron chi connectivity index (χ1n) is 5.31. The van der Waals surface area contributed by atoms with Gasteiger partial charge in [0.2, 0.25) is 0 Å². The average molecular weight is 326 g/mol. The van der Waals surface area contributed by atoms with E-state index in [9.17, 15) is 4.79 Å². The van der Waals surface area contributed by atoms with Crippen molar-refractivity contribution in [3.63, 3.8) is 0 Å². The highest BCUT2D eigenvalue weighted by Crippen LogP contribution is 2.23. The van der Waals surface area contributed by atoms with E-state index >= 15 is 0 Å². The molecular weight excluding hydrogens is 316 g/mol. The Morgan fingerprint density at radius 1 is 1.22 bits per heavy atom. The van der Waals surface area contributed by atoms with Gasteiger partial charge in [-0.1, -0.05) is 39.7 Å². The van der Waals surface area contributed by atoms with E-state index in [1.807, 2.05) is 13.0 Å². The van der Waals surface area contributed by atoms with Gasteiger partial charge in [-0.25, -0.2) is 4.79 Å². The summed E-state index contributed by atoms with van der Waals surface area (Å²) in [5, 5.41) is 0.385. The highest BCUT2D eigenvalue weighted by Gasteiger charge is 2.12. The molecule has 0 amide bonds. The average Bonchev–Trinajstić information content (AvgIpc) is 2.34. The van der Waals surface area contributed by atoms with Crippen LogP contribution in [0, 0.1) is 6.92 Å². The largest absolute Gasteiger partial charge is 0.423 e. The van der Waals surface area contributed by atoms with Crippen molar-refractivity contribution in [2.75, 3.05) is 0 Å². The summed E-state index contributed by atoms with van der Waals surface area (Å²) < 4.78 is 6.25. The molecule has 0 bridgehead atoms. The molecule has 0 saturated heterocycles. The van der Waals surface area contributed by atoms with Crippen molar-refractivity contribution in [3.05, 3.63) is 63.1 Å². The molecule has 0 spiro atoms. The lowest BCUT2D eigenvalue weighted by Gasteiger charge is -2.07. The van der Waals surface area contributed by atoms with Crippen LogP contribution in [0.3, 0.4) is 0 Å². The maximum atomic E-state index is 11.9. The number of hydrogen-bond acceptors (Lipinski definition) is 2. The minimum absolute atomic E-state index is 0.361. The number of rotatable bonds is 2. The SMILES string of the molecule is Cc1cc(OC(=O)c2ccccc2Cl)ccc1Br. The number of hydrogen-bond donors (Lipinski definition) is 0. The zero-order valence-corrected chi connectivity index (χ0v) is 12.0. The number of ether oxygens (including phenoxy) is 1. The quantitative estimate of drug-likeness (QED) is 0.594. The van der Waals surface area contributed by atoms with Gasteiger partial charge < -0.3 is 4.74 Å². The standard InChI is InChI=1S/C14H10BrClO2/c1-9-8-10(6-7-12(9)15)18-14(17)11-4-2-3-5-13(11)16/h2-8H,1H3. The van der Waals surface area contributed by atoms with E-state index in [1.165, 1.54) is 0 Å². The molecule has 0 aliphatic carbocycles. The normalized spacial score (nSPS) is 10.2. The summed E-state index contributed by atoms with van der Waals surface area (Å²) in [4.78, 5) is 11.9. The van der Waals surface area contributed by atoms with Crippen LogP contribution in [0.15, 0.2) is 46.9 Å². The molecule has 2 aromatic rings. The van der Waals surface area contributed by atoms with Crippen LogP contribution in [0.25, 0.3) is 0 Å². The molecule has 0 aromatic heterocycles. The predicted octanol–water partition coefficient (Wildman–Crippen LogP) is 4.63. The van der Waals surface area contributed by atoms with Gasteiger partial charge >= 0.3 is 5.97 Å². The number of aryl methyl sites for hydroxylation is 1.